The van der Waals surface area contributed by atoms with Crippen molar-refractivity contribution in [1.29, 1.82) is 0 Å². The van der Waals surface area contributed by atoms with E-state index in [0.717, 1.165) is 29.8 Å². The molecule has 0 aliphatic rings. The van der Waals surface area contributed by atoms with Gasteiger partial charge in [0.05, 0.1) is 19.1 Å². The molecule has 0 unspecified atom stereocenters. The molecule has 0 bridgehead atoms. The van der Waals surface area contributed by atoms with Crippen molar-refractivity contribution in [2.24, 2.45) is 0 Å². The fraction of sp³-hybridized carbons (Fsp3) is 0.286. The summed E-state index contributed by atoms with van der Waals surface area (Å²) in [4.78, 5) is 32.8. The molecular formula is C28H30ClF3N4O3. The van der Waals surface area contributed by atoms with Crippen LogP contribution in [0.15, 0.2) is 60.9 Å². The smallest absolute Gasteiger partial charge is 0.416 e. The lowest BCUT2D eigenvalue weighted by atomic mass is 10.1. The number of benzene rings is 2. The van der Waals surface area contributed by atoms with E-state index in [9.17, 15) is 22.8 Å². The molecule has 2 aromatic heterocycles. The van der Waals surface area contributed by atoms with Gasteiger partial charge in [0.25, 0.3) is 5.91 Å². The number of carbonyl (C=O) groups is 2. The molecule has 39 heavy (non-hydrogen) atoms. The Bertz CT molecular complexity index is 1390. The largest absolute Gasteiger partial charge is 0.469 e. The molecule has 2 aromatic carbocycles. The summed E-state index contributed by atoms with van der Waals surface area (Å²) in [5.41, 5.74) is 1.59. The summed E-state index contributed by atoms with van der Waals surface area (Å²) < 4.78 is 44.5. The predicted molar refractivity (Wildman–Crippen MR) is 145 cm³/mol. The topological polar surface area (TPSA) is 85.6 Å². The standard InChI is InChI=1S/C24H18ClF3N4O3.2C2H6/c1-35-20(33)13-18-21(25)31-19(32-11-10-29-22(18)32)12-14-2-8-17(9-3-14)30-23(34)15-4-6-16(7-5-15)24(26,27)28;2*1-2/h2-11H,12-13H2,1H3,(H,30,34);2*1-2H3. The average Bonchev–Trinajstić information content (AvgIpc) is 3.44. The van der Waals surface area contributed by atoms with E-state index < -0.39 is 23.6 Å². The van der Waals surface area contributed by atoms with E-state index in [-0.39, 0.29) is 17.1 Å². The second-order valence-corrected chi connectivity index (χ2v) is 7.93. The zero-order valence-corrected chi connectivity index (χ0v) is 23.0. The van der Waals surface area contributed by atoms with Crippen molar-refractivity contribution >= 4 is 34.8 Å². The van der Waals surface area contributed by atoms with Gasteiger partial charge in [0.2, 0.25) is 0 Å². The average molecular weight is 563 g/mol. The van der Waals surface area contributed by atoms with Crippen LogP contribution in [0.3, 0.4) is 0 Å². The Morgan fingerprint density at radius 2 is 1.62 bits per heavy atom. The molecule has 0 aliphatic carbocycles. The number of methoxy groups -OCH3 is 1. The maximum Gasteiger partial charge on any atom is 0.416 e. The molecule has 0 fully saturated rings. The minimum atomic E-state index is -4.46. The van der Waals surface area contributed by atoms with Gasteiger partial charge in [-0.05, 0) is 42.0 Å². The van der Waals surface area contributed by atoms with E-state index in [0.29, 0.717) is 29.1 Å². The first-order chi connectivity index (χ1) is 18.7. The van der Waals surface area contributed by atoms with Gasteiger partial charge < -0.3 is 10.1 Å². The molecule has 0 saturated carbocycles. The lowest BCUT2D eigenvalue weighted by Crippen LogP contribution is -2.13. The van der Waals surface area contributed by atoms with E-state index in [1.165, 1.54) is 7.11 Å². The van der Waals surface area contributed by atoms with Gasteiger partial charge in [0.1, 0.15) is 16.6 Å². The number of hydrogen-bond acceptors (Lipinski definition) is 5. The lowest BCUT2D eigenvalue weighted by Gasteiger charge is -2.11. The SMILES string of the molecule is CC.CC.COC(=O)Cc1c(Cl)nc(Cc2ccc(NC(=O)c3ccc(C(F)(F)F)cc3)cc2)n2ccnc12. The van der Waals surface area contributed by atoms with Crippen LogP contribution in [0.5, 0.6) is 0 Å². The number of imidazole rings is 1. The molecule has 0 atom stereocenters. The zero-order valence-electron chi connectivity index (χ0n) is 22.3. The molecule has 4 aromatic rings. The number of carbonyl (C=O) groups excluding carboxylic acids is 2. The molecule has 0 spiro atoms. The number of amides is 1. The van der Waals surface area contributed by atoms with Crippen LogP contribution in [0, 0.1) is 0 Å². The van der Waals surface area contributed by atoms with Gasteiger partial charge in [-0.25, -0.2) is 9.97 Å². The number of halogens is 4. The van der Waals surface area contributed by atoms with E-state index in [2.05, 4.69) is 15.3 Å². The summed E-state index contributed by atoms with van der Waals surface area (Å²) >= 11 is 6.33. The molecule has 7 nitrogen and oxygen atoms in total. The summed E-state index contributed by atoms with van der Waals surface area (Å²) in [6.45, 7) is 8.00. The third kappa shape index (κ3) is 8.03. The molecule has 4 rings (SSSR count). The summed E-state index contributed by atoms with van der Waals surface area (Å²) in [6.07, 6.45) is -0.840. The number of rotatable bonds is 6. The minimum absolute atomic E-state index is 0.0591. The van der Waals surface area contributed by atoms with Crippen molar-refractivity contribution < 1.29 is 27.5 Å². The monoisotopic (exact) mass is 562 g/mol. The fourth-order valence-corrected chi connectivity index (χ4v) is 3.71. The highest BCUT2D eigenvalue weighted by atomic mass is 35.5. The minimum Gasteiger partial charge on any atom is -0.469 e. The van der Waals surface area contributed by atoms with Crippen molar-refractivity contribution in [3.63, 3.8) is 0 Å². The first-order valence-electron chi connectivity index (χ1n) is 12.3. The molecule has 1 amide bonds. The van der Waals surface area contributed by atoms with E-state index in [1.807, 2.05) is 27.7 Å². The van der Waals surface area contributed by atoms with Crippen LogP contribution in [0.25, 0.3) is 5.65 Å². The third-order valence-electron chi connectivity index (χ3n) is 5.26. The van der Waals surface area contributed by atoms with Crippen LogP contribution in [-0.2, 0) is 28.5 Å². The Morgan fingerprint density at radius 3 is 2.18 bits per heavy atom. The van der Waals surface area contributed by atoms with Crippen molar-refractivity contribution in [3.8, 4) is 0 Å². The molecule has 0 aliphatic heterocycles. The van der Waals surface area contributed by atoms with Crippen LogP contribution in [0.2, 0.25) is 5.15 Å². The molecule has 2 heterocycles. The Labute approximate surface area is 230 Å². The highest BCUT2D eigenvalue weighted by molar-refractivity contribution is 6.30. The number of nitrogens with zero attached hydrogens (tertiary/aromatic N) is 3. The molecule has 0 radical (unpaired) electrons. The number of hydrogen-bond donors (Lipinski definition) is 1. The van der Waals surface area contributed by atoms with Gasteiger partial charge in [-0.3, -0.25) is 14.0 Å². The highest BCUT2D eigenvalue weighted by Gasteiger charge is 2.30. The van der Waals surface area contributed by atoms with Gasteiger partial charge in [-0.15, -0.1) is 0 Å². The quantitative estimate of drug-likeness (QED) is 0.202. The van der Waals surface area contributed by atoms with E-state index >= 15 is 0 Å². The van der Waals surface area contributed by atoms with Crippen molar-refractivity contribution in [2.45, 2.75) is 46.7 Å². The van der Waals surface area contributed by atoms with Crippen LogP contribution >= 0.6 is 11.6 Å². The second kappa shape index (κ2) is 14.3. The Balaban J connectivity index is 0.00000127. The fourth-order valence-electron chi connectivity index (χ4n) is 3.46. The van der Waals surface area contributed by atoms with E-state index in [4.69, 9.17) is 16.3 Å². The van der Waals surface area contributed by atoms with E-state index in [1.54, 1.807) is 41.1 Å². The Morgan fingerprint density at radius 1 is 1.00 bits per heavy atom. The van der Waals surface area contributed by atoms with Gasteiger partial charge in [0, 0.05) is 35.6 Å². The second-order valence-electron chi connectivity index (χ2n) is 7.57. The van der Waals surface area contributed by atoms with Crippen LogP contribution in [-0.4, -0.2) is 33.4 Å². The molecule has 1 N–H and O–H groups in total. The number of ether oxygens (including phenoxy) is 1. The maximum atomic E-state index is 12.7. The van der Waals surface area contributed by atoms with Gasteiger partial charge in [-0.1, -0.05) is 51.4 Å². The number of anilines is 1. The van der Waals surface area contributed by atoms with Gasteiger partial charge in [0.15, 0.2) is 0 Å². The van der Waals surface area contributed by atoms with Crippen LogP contribution < -0.4 is 5.32 Å². The number of alkyl halides is 3. The predicted octanol–water partition coefficient (Wildman–Crippen LogP) is 7.01. The number of aromatic nitrogens is 3. The Hall–Kier alpha value is -3.92. The van der Waals surface area contributed by atoms with Gasteiger partial charge >= 0.3 is 12.1 Å². The number of nitrogens with one attached hydrogen (secondary N) is 1. The van der Waals surface area contributed by atoms with Crippen molar-refractivity contribution in [2.75, 3.05) is 12.4 Å². The summed E-state index contributed by atoms with van der Waals surface area (Å²) in [5, 5.41) is 2.81. The molecular weight excluding hydrogens is 533 g/mol. The Kier molecular flexibility index (Phi) is 11.5. The maximum absolute atomic E-state index is 12.7. The molecule has 0 saturated heterocycles. The van der Waals surface area contributed by atoms with Gasteiger partial charge in [-0.2, -0.15) is 13.2 Å². The summed E-state index contributed by atoms with van der Waals surface area (Å²) in [6, 6.07) is 10.9. The number of fused-ring (bicyclic) bond motifs is 1. The lowest BCUT2D eigenvalue weighted by molar-refractivity contribution is -0.140. The van der Waals surface area contributed by atoms with Crippen LogP contribution in [0.1, 0.15) is 60.6 Å². The summed E-state index contributed by atoms with van der Waals surface area (Å²) in [5.74, 6) is -0.390. The van der Waals surface area contributed by atoms with Crippen LogP contribution in [0.4, 0.5) is 18.9 Å². The van der Waals surface area contributed by atoms with Crippen molar-refractivity contribution in [1.82, 2.24) is 14.4 Å². The first kappa shape index (κ1) is 31.3. The molecule has 11 heteroatoms. The first-order valence-corrected chi connectivity index (χ1v) is 12.7. The van der Waals surface area contributed by atoms with Crippen molar-refractivity contribution in [3.05, 3.63) is 94.2 Å². The summed E-state index contributed by atoms with van der Waals surface area (Å²) in [7, 11) is 1.29. The highest BCUT2D eigenvalue weighted by Crippen LogP contribution is 2.29. The molecule has 208 valence electrons. The zero-order chi connectivity index (χ0) is 29.2. The third-order valence-corrected chi connectivity index (χ3v) is 5.57. The normalized spacial score (nSPS) is 10.6. The number of esters is 1.